The molecule has 2 aromatic carbocycles. The number of benzene rings is 2. The molecule has 0 saturated heterocycles. The molecule has 1 saturated carbocycles. The first-order valence-electron chi connectivity index (χ1n) is 14.0. The fraction of sp³-hybridized carbons (Fsp3) is 0.516. The van der Waals surface area contributed by atoms with Crippen LogP contribution in [0.15, 0.2) is 54.6 Å². The molecule has 1 unspecified atom stereocenters. The van der Waals surface area contributed by atoms with E-state index in [2.05, 4.69) is 47.1 Å². The van der Waals surface area contributed by atoms with Crippen LogP contribution in [0.3, 0.4) is 0 Å². The number of hydrogen-bond donors (Lipinski definition) is 3. The Bertz CT molecular complexity index is 1100. The van der Waals surface area contributed by atoms with Crippen LogP contribution in [0, 0.1) is 5.92 Å². The van der Waals surface area contributed by atoms with Crippen LogP contribution in [0.4, 0.5) is 4.79 Å². The average Bonchev–Trinajstić information content (AvgIpc) is 2.93. The molecule has 218 valence electrons. The van der Waals surface area contributed by atoms with E-state index >= 15 is 0 Å². The maximum Gasteiger partial charge on any atom is 0.407 e. The van der Waals surface area contributed by atoms with Gasteiger partial charge in [-0.3, -0.25) is 9.59 Å². The lowest BCUT2D eigenvalue weighted by Crippen LogP contribution is -2.55. The van der Waals surface area contributed by atoms with Gasteiger partial charge in [0.25, 0.3) is 0 Å². The molecule has 0 heterocycles. The summed E-state index contributed by atoms with van der Waals surface area (Å²) in [7, 11) is 4.24. The number of alkyl carbamates (subject to hydrolysis) is 1. The van der Waals surface area contributed by atoms with Crippen molar-refractivity contribution in [1.82, 2.24) is 20.9 Å². The largest absolute Gasteiger partial charge is 0.445 e. The third-order valence-electron chi connectivity index (χ3n) is 7.62. The maximum absolute atomic E-state index is 13.2. The van der Waals surface area contributed by atoms with Crippen molar-refractivity contribution in [2.75, 3.05) is 20.6 Å². The molecule has 3 amide bonds. The van der Waals surface area contributed by atoms with Gasteiger partial charge in [0.05, 0.1) is 0 Å². The minimum absolute atomic E-state index is 0.0153. The van der Waals surface area contributed by atoms with Crippen LogP contribution in [0.2, 0.25) is 5.02 Å². The van der Waals surface area contributed by atoms with Gasteiger partial charge in [-0.05, 0) is 81.8 Å². The molecular formula is C31H43ClN4O4. The minimum atomic E-state index is -0.686. The Morgan fingerprint density at radius 3 is 2.25 bits per heavy atom. The Morgan fingerprint density at radius 1 is 1.00 bits per heavy atom. The van der Waals surface area contributed by atoms with Crippen molar-refractivity contribution < 1.29 is 19.1 Å². The topological polar surface area (TPSA) is 99.8 Å². The zero-order valence-corrected chi connectivity index (χ0v) is 24.8. The summed E-state index contributed by atoms with van der Waals surface area (Å²) < 4.78 is 5.15. The van der Waals surface area contributed by atoms with Gasteiger partial charge >= 0.3 is 6.09 Å². The van der Waals surface area contributed by atoms with Crippen LogP contribution in [-0.4, -0.2) is 61.1 Å². The van der Waals surface area contributed by atoms with Crippen LogP contribution >= 0.6 is 11.6 Å². The summed E-state index contributed by atoms with van der Waals surface area (Å²) in [6.45, 7) is 3.86. The Kier molecular flexibility index (Phi) is 11.8. The van der Waals surface area contributed by atoms with Gasteiger partial charge < -0.3 is 25.6 Å². The van der Waals surface area contributed by atoms with Gasteiger partial charge in [0.2, 0.25) is 11.8 Å². The number of hydrogen-bond acceptors (Lipinski definition) is 5. The van der Waals surface area contributed by atoms with Gasteiger partial charge in [0.15, 0.2) is 0 Å². The highest BCUT2D eigenvalue weighted by Gasteiger charge is 2.38. The normalized spacial score (nSPS) is 19.6. The lowest BCUT2D eigenvalue weighted by molar-refractivity contribution is -0.129. The van der Waals surface area contributed by atoms with Crippen LogP contribution in [0.5, 0.6) is 0 Å². The fourth-order valence-electron chi connectivity index (χ4n) is 5.24. The number of nitrogens with one attached hydrogen (secondary N) is 3. The van der Waals surface area contributed by atoms with Crippen molar-refractivity contribution in [1.29, 1.82) is 0 Å². The third kappa shape index (κ3) is 9.82. The number of carbonyl (C=O) groups excluding carboxylic acids is 3. The molecule has 1 aliphatic rings. The van der Waals surface area contributed by atoms with E-state index in [1.807, 2.05) is 56.3 Å². The molecule has 0 aromatic heterocycles. The molecule has 1 fully saturated rings. The number of ether oxygens (including phenoxy) is 1. The minimum Gasteiger partial charge on any atom is -0.445 e. The van der Waals surface area contributed by atoms with Crippen LogP contribution in [0.25, 0.3) is 0 Å². The second-order valence-electron chi connectivity index (χ2n) is 11.4. The predicted molar refractivity (Wildman–Crippen MR) is 158 cm³/mol. The highest BCUT2D eigenvalue weighted by atomic mass is 35.5. The Balaban J connectivity index is 1.48. The summed E-state index contributed by atoms with van der Waals surface area (Å²) in [6, 6.07) is 16.7. The van der Waals surface area contributed by atoms with Crippen molar-refractivity contribution in [3.05, 3.63) is 70.7 Å². The first-order valence-corrected chi connectivity index (χ1v) is 14.4. The van der Waals surface area contributed by atoms with Gasteiger partial charge in [0.1, 0.15) is 19.2 Å². The molecule has 0 spiro atoms. The van der Waals surface area contributed by atoms with Crippen LogP contribution in [-0.2, 0) is 27.4 Å². The number of carbonyl (C=O) groups is 3. The quantitative estimate of drug-likeness (QED) is 0.343. The number of rotatable bonds is 12. The average molecular weight is 571 g/mol. The van der Waals surface area contributed by atoms with Crippen molar-refractivity contribution >= 4 is 29.5 Å². The van der Waals surface area contributed by atoms with E-state index < -0.39 is 18.0 Å². The van der Waals surface area contributed by atoms with Crippen molar-refractivity contribution in [3.63, 3.8) is 0 Å². The monoisotopic (exact) mass is 570 g/mol. The van der Waals surface area contributed by atoms with Gasteiger partial charge in [-0.25, -0.2) is 4.79 Å². The molecule has 3 rings (SSSR count). The summed E-state index contributed by atoms with van der Waals surface area (Å²) in [5.41, 5.74) is 2.12. The summed E-state index contributed by atoms with van der Waals surface area (Å²) >= 11 is 6.07. The first-order chi connectivity index (χ1) is 19.1. The second kappa shape index (κ2) is 15.1. The third-order valence-corrected chi connectivity index (χ3v) is 7.87. The standard InChI is InChI=1S/C31H43ClN4O4/c1-22(2)18-27(35-28(37)20-33-30(39)40-21-24-8-6-5-7-9-24)29(38)34-26-14-16-31(17-15-26,36(3)4)19-23-10-12-25(32)13-11-23/h5-13,22,26-27H,14-21H2,1-4H3,(H,33,39)(H,34,38)(H,35,37). The number of halogens is 1. The van der Waals surface area contributed by atoms with Crippen molar-refractivity contribution in [2.24, 2.45) is 5.92 Å². The summed E-state index contributed by atoms with van der Waals surface area (Å²) in [6.07, 6.45) is 4.34. The second-order valence-corrected chi connectivity index (χ2v) is 11.8. The fourth-order valence-corrected chi connectivity index (χ4v) is 5.37. The van der Waals surface area contributed by atoms with Crippen molar-refractivity contribution in [2.45, 2.75) is 76.6 Å². The van der Waals surface area contributed by atoms with E-state index in [0.29, 0.717) is 6.42 Å². The molecule has 40 heavy (non-hydrogen) atoms. The van der Waals surface area contributed by atoms with E-state index in [4.69, 9.17) is 16.3 Å². The predicted octanol–water partition coefficient (Wildman–Crippen LogP) is 4.70. The molecule has 3 N–H and O–H groups in total. The van der Waals surface area contributed by atoms with Crippen LogP contribution < -0.4 is 16.0 Å². The van der Waals surface area contributed by atoms with Crippen LogP contribution in [0.1, 0.15) is 57.1 Å². The van der Waals surface area contributed by atoms with E-state index in [9.17, 15) is 14.4 Å². The Hall–Kier alpha value is -3.10. The lowest BCUT2D eigenvalue weighted by atomic mass is 9.74. The lowest BCUT2D eigenvalue weighted by Gasteiger charge is -2.45. The highest BCUT2D eigenvalue weighted by Crippen LogP contribution is 2.35. The molecule has 1 aliphatic carbocycles. The molecule has 9 heteroatoms. The molecule has 8 nitrogen and oxygen atoms in total. The van der Waals surface area contributed by atoms with E-state index in [0.717, 1.165) is 42.7 Å². The van der Waals surface area contributed by atoms with Gasteiger partial charge in [0, 0.05) is 16.6 Å². The number of amides is 3. The van der Waals surface area contributed by atoms with E-state index in [1.54, 1.807) is 0 Å². The molecule has 0 radical (unpaired) electrons. The smallest absolute Gasteiger partial charge is 0.407 e. The molecule has 2 aromatic rings. The zero-order chi connectivity index (χ0) is 29.1. The Labute approximate surface area is 243 Å². The molecule has 0 aliphatic heterocycles. The van der Waals surface area contributed by atoms with Gasteiger partial charge in [-0.1, -0.05) is 67.9 Å². The molecule has 0 bridgehead atoms. The summed E-state index contributed by atoms with van der Waals surface area (Å²) in [4.78, 5) is 40.1. The number of likely N-dealkylation sites (N-methyl/N-ethyl adjacent to an activating group) is 1. The molecular weight excluding hydrogens is 528 g/mol. The Morgan fingerprint density at radius 2 is 1.65 bits per heavy atom. The van der Waals surface area contributed by atoms with Gasteiger partial charge in [-0.15, -0.1) is 0 Å². The van der Waals surface area contributed by atoms with Crippen molar-refractivity contribution in [3.8, 4) is 0 Å². The SMILES string of the molecule is CC(C)CC(NC(=O)CNC(=O)OCc1ccccc1)C(=O)NC1CCC(Cc2ccc(Cl)cc2)(N(C)C)CC1. The maximum atomic E-state index is 13.2. The number of nitrogens with zero attached hydrogens (tertiary/aromatic N) is 1. The first kappa shape index (κ1) is 31.4. The molecule has 1 atom stereocenters. The highest BCUT2D eigenvalue weighted by molar-refractivity contribution is 6.30. The van der Waals surface area contributed by atoms with E-state index in [-0.39, 0.29) is 36.6 Å². The van der Waals surface area contributed by atoms with E-state index in [1.165, 1.54) is 5.56 Å². The summed E-state index contributed by atoms with van der Waals surface area (Å²) in [5, 5.41) is 9.17. The summed E-state index contributed by atoms with van der Waals surface area (Å²) in [5.74, 6) is -0.420. The van der Waals surface area contributed by atoms with Gasteiger partial charge in [-0.2, -0.15) is 0 Å². The zero-order valence-electron chi connectivity index (χ0n) is 24.0.